The molecule has 1 amide bonds. The van der Waals surface area contributed by atoms with Gasteiger partial charge < -0.3 is 15.4 Å². The lowest BCUT2D eigenvalue weighted by atomic mass is 10.2. The summed E-state index contributed by atoms with van der Waals surface area (Å²) in [6, 6.07) is 9.59. The Bertz CT molecular complexity index is 641. The molecule has 2 N–H and O–H groups in total. The number of carbonyl (C=O) groups is 1. The average molecular weight is 313 g/mol. The van der Waals surface area contributed by atoms with Gasteiger partial charge in [0.15, 0.2) is 0 Å². The van der Waals surface area contributed by atoms with Crippen LogP contribution in [0.4, 0.5) is 11.4 Å². The topological polar surface area (TPSA) is 63.2 Å². The van der Waals surface area contributed by atoms with Gasteiger partial charge in [-0.15, -0.1) is 0 Å². The Morgan fingerprint density at radius 1 is 1.17 bits per heavy atom. The van der Waals surface area contributed by atoms with Crippen molar-refractivity contribution in [3.05, 3.63) is 48.3 Å². The van der Waals surface area contributed by atoms with Crippen LogP contribution in [0, 0.1) is 0 Å². The molecule has 0 bridgehead atoms. The maximum Gasteiger partial charge on any atom is 0.253 e. The van der Waals surface area contributed by atoms with Gasteiger partial charge in [0.2, 0.25) is 0 Å². The number of aromatic nitrogens is 1. The highest BCUT2D eigenvalue weighted by Gasteiger charge is 2.09. The molecule has 2 aromatic rings. The Hall–Kier alpha value is -2.56. The molecule has 0 radical (unpaired) electrons. The maximum absolute atomic E-state index is 12.1. The van der Waals surface area contributed by atoms with Crippen molar-refractivity contribution in [3.63, 3.8) is 0 Å². The first-order chi connectivity index (χ1) is 11.1. The fraction of sp³-hybridized carbons (Fsp3) is 0.333. The third-order valence-corrected chi connectivity index (χ3v) is 3.44. The molecule has 0 aliphatic heterocycles. The highest BCUT2D eigenvalue weighted by molar-refractivity contribution is 5.95. The standard InChI is InChI=1S/C18H23N3O2/c1-4-13(3)20-18(22)14-10-16(12-19-11-14)21-15-6-8-17(9-7-15)23-5-2/h6-13,21H,4-5H2,1-3H3,(H,20,22). The van der Waals surface area contributed by atoms with Gasteiger partial charge in [-0.2, -0.15) is 0 Å². The van der Waals surface area contributed by atoms with Gasteiger partial charge in [-0.3, -0.25) is 9.78 Å². The number of benzene rings is 1. The second-order valence-corrected chi connectivity index (χ2v) is 5.33. The molecule has 1 unspecified atom stereocenters. The average Bonchev–Trinajstić information content (AvgIpc) is 2.57. The predicted octanol–water partition coefficient (Wildman–Crippen LogP) is 3.75. The second-order valence-electron chi connectivity index (χ2n) is 5.33. The largest absolute Gasteiger partial charge is 0.494 e. The summed E-state index contributed by atoms with van der Waals surface area (Å²) in [5, 5.41) is 6.17. The van der Waals surface area contributed by atoms with Crippen LogP contribution in [0.25, 0.3) is 0 Å². The quantitative estimate of drug-likeness (QED) is 0.817. The Balaban J connectivity index is 2.06. The van der Waals surface area contributed by atoms with E-state index in [9.17, 15) is 4.79 Å². The number of nitrogens with one attached hydrogen (secondary N) is 2. The van der Waals surface area contributed by atoms with Gasteiger partial charge in [0.25, 0.3) is 5.91 Å². The number of hydrogen-bond donors (Lipinski definition) is 2. The summed E-state index contributed by atoms with van der Waals surface area (Å²) in [7, 11) is 0. The van der Waals surface area contributed by atoms with Crippen LogP contribution in [-0.2, 0) is 0 Å². The fourth-order valence-corrected chi connectivity index (χ4v) is 2.01. The van der Waals surface area contributed by atoms with Crippen molar-refractivity contribution in [3.8, 4) is 5.75 Å². The van der Waals surface area contributed by atoms with Gasteiger partial charge in [-0.25, -0.2) is 0 Å². The summed E-state index contributed by atoms with van der Waals surface area (Å²) < 4.78 is 5.42. The monoisotopic (exact) mass is 313 g/mol. The lowest BCUT2D eigenvalue weighted by Gasteiger charge is -2.12. The number of anilines is 2. The Morgan fingerprint density at radius 2 is 1.91 bits per heavy atom. The highest BCUT2D eigenvalue weighted by Crippen LogP contribution is 2.20. The van der Waals surface area contributed by atoms with E-state index >= 15 is 0 Å². The van der Waals surface area contributed by atoms with Crippen molar-refractivity contribution in [2.75, 3.05) is 11.9 Å². The van der Waals surface area contributed by atoms with Gasteiger partial charge in [-0.1, -0.05) is 6.92 Å². The van der Waals surface area contributed by atoms with E-state index < -0.39 is 0 Å². The molecular weight excluding hydrogens is 290 g/mol. The zero-order valence-corrected chi connectivity index (χ0v) is 13.8. The van der Waals surface area contributed by atoms with Crippen molar-refractivity contribution < 1.29 is 9.53 Å². The maximum atomic E-state index is 12.1. The number of pyridine rings is 1. The van der Waals surface area contributed by atoms with Crippen LogP contribution in [0.5, 0.6) is 5.75 Å². The normalized spacial score (nSPS) is 11.6. The van der Waals surface area contributed by atoms with E-state index in [0.717, 1.165) is 23.5 Å². The Morgan fingerprint density at radius 3 is 2.57 bits per heavy atom. The van der Waals surface area contributed by atoms with E-state index in [-0.39, 0.29) is 11.9 Å². The van der Waals surface area contributed by atoms with Crippen LogP contribution < -0.4 is 15.4 Å². The molecule has 1 atom stereocenters. The predicted molar refractivity (Wildman–Crippen MR) is 92.3 cm³/mol. The second kappa shape index (κ2) is 8.17. The van der Waals surface area contributed by atoms with Crippen molar-refractivity contribution in [1.82, 2.24) is 10.3 Å². The first kappa shape index (κ1) is 16.8. The van der Waals surface area contributed by atoms with Crippen molar-refractivity contribution in [2.24, 2.45) is 0 Å². The number of ether oxygens (including phenoxy) is 1. The number of hydrogen-bond acceptors (Lipinski definition) is 4. The van der Waals surface area contributed by atoms with Crippen LogP contribution in [0.2, 0.25) is 0 Å². The van der Waals surface area contributed by atoms with Gasteiger partial charge in [-0.05, 0) is 50.6 Å². The van der Waals surface area contributed by atoms with E-state index in [0.29, 0.717) is 12.2 Å². The van der Waals surface area contributed by atoms with E-state index in [1.165, 1.54) is 0 Å². The molecular formula is C18H23N3O2. The third-order valence-electron chi connectivity index (χ3n) is 3.44. The Labute approximate surface area is 137 Å². The summed E-state index contributed by atoms with van der Waals surface area (Å²) in [5.41, 5.74) is 2.22. The molecule has 0 saturated carbocycles. The first-order valence-electron chi connectivity index (χ1n) is 7.88. The van der Waals surface area contributed by atoms with Crippen LogP contribution in [0.3, 0.4) is 0 Å². The summed E-state index contributed by atoms with van der Waals surface area (Å²) in [6.07, 6.45) is 4.15. The molecule has 5 heteroatoms. The number of rotatable bonds is 7. The van der Waals surface area contributed by atoms with Crippen LogP contribution in [0.1, 0.15) is 37.6 Å². The molecule has 5 nitrogen and oxygen atoms in total. The van der Waals surface area contributed by atoms with E-state index in [1.54, 1.807) is 18.5 Å². The minimum atomic E-state index is -0.109. The van der Waals surface area contributed by atoms with E-state index in [4.69, 9.17) is 4.74 Å². The van der Waals surface area contributed by atoms with Gasteiger partial charge in [0, 0.05) is 17.9 Å². The lowest BCUT2D eigenvalue weighted by Crippen LogP contribution is -2.31. The molecule has 2 rings (SSSR count). The minimum absolute atomic E-state index is 0.109. The summed E-state index contributed by atoms with van der Waals surface area (Å²) in [6.45, 7) is 6.61. The molecule has 122 valence electrons. The van der Waals surface area contributed by atoms with Crippen molar-refractivity contribution in [1.29, 1.82) is 0 Å². The van der Waals surface area contributed by atoms with Crippen molar-refractivity contribution >= 4 is 17.3 Å². The zero-order valence-electron chi connectivity index (χ0n) is 13.8. The smallest absolute Gasteiger partial charge is 0.253 e. The zero-order chi connectivity index (χ0) is 16.7. The summed E-state index contributed by atoms with van der Waals surface area (Å²) in [4.78, 5) is 16.3. The molecule has 1 heterocycles. The lowest BCUT2D eigenvalue weighted by molar-refractivity contribution is 0.0939. The van der Waals surface area contributed by atoms with Crippen LogP contribution in [0.15, 0.2) is 42.7 Å². The van der Waals surface area contributed by atoms with Crippen LogP contribution >= 0.6 is 0 Å². The fourth-order valence-electron chi connectivity index (χ4n) is 2.01. The molecule has 0 aliphatic carbocycles. The first-order valence-corrected chi connectivity index (χ1v) is 7.88. The molecule has 0 fully saturated rings. The molecule has 0 saturated heterocycles. The molecule has 23 heavy (non-hydrogen) atoms. The number of nitrogens with zero attached hydrogens (tertiary/aromatic N) is 1. The van der Waals surface area contributed by atoms with Gasteiger partial charge in [0.05, 0.1) is 24.1 Å². The molecule has 1 aromatic heterocycles. The third kappa shape index (κ3) is 4.98. The number of carbonyl (C=O) groups excluding carboxylic acids is 1. The SMILES string of the molecule is CCOc1ccc(Nc2cncc(C(=O)NC(C)CC)c2)cc1. The molecule has 1 aromatic carbocycles. The van der Waals surface area contributed by atoms with Crippen molar-refractivity contribution in [2.45, 2.75) is 33.2 Å². The number of amides is 1. The summed E-state index contributed by atoms with van der Waals surface area (Å²) in [5.74, 6) is 0.722. The van der Waals surface area contributed by atoms with Gasteiger partial charge >= 0.3 is 0 Å². The van der Waals surface area contributed by atoms with Gasteiger partial charge in [0.1, 0.15) is 5.75 Å². The Kier molecular flexibility index (Phi) is 5.97. The van der Waals surface area contributed by atoms with Crippen LogP contribution in [-0.4, -0.2) is 23.5 Å². The van der Waals surface area contributed by atoms with E-state index in [2.05, 4.69) is 15.6 Å². The minimum Gasteiger partial charge on any atom is -0.494 e. The molecule has 0 aliphatic rings. The molecule has 0 spiro atoms. The van der Waals surface area contributed by atoms with E-state index in [1.807, 2.05) is 45.0 Å². The highest BCUT2D eigenvalue weighted by atomic mass is 16.5. The summed E-state index contributed by atoms with van der Waals surface area (Å²) >= 11 is 0.